The Kier molecular flexibility index (Phi) is 6.12. The maximum atomic E-state index is 13.1. The van der Waals surface area contributed by atoms with Crippen LogP contribution in [0.2, 0.25) is 0 Å². The lowest BCUT2D eigenvalue weighted by molar-refractivity contribution is -0.119. The fraction of sp³-hybridized carbons (Fsp3) is 0.304. The van der Waals surface area contributed by atoms with Crippen LogP contribution in [-0.2, 0) is 23.2 Å². The lowest BCUT2D eigenvalue weighted by atomic mass is 10.1. The Morgan fingerprint density at radius 3 is 2.54 bits per heavy atom. The largest absolute Gasteiger partial charge is 0.332 e. The molecule has 12 heteroatoms. The van der Waals surface area contributed by atoms with Gasteiger partial charge in [-0.1, -0.05) is 0 Å². The summed E-state index contributed by atoms with van der Waals surface area (Å²) in [4.78, 5) is 67.3. The maximum Gasteiger partial charge on any atom is 0.332 e. The van der Waals surface area contributed by atoms with Crippen LogP contribution in [0.3, 0.4) is 0 Å². The highest BCUT2D eigenvalue weighted by molar-refractivity contribution is 5.93. The minimum atomic E-state index is -0.885. The highest BCUT2D eigenvalue weighted by atomic mass is 16.2. The maximum absolute atomic E-state index is 13.1. The standard InChI is InChI=1S/C23H24N8O4/c1-12-6-16(7-25-14(12)3)17-8-24-9-18(27-17)28-21(33)15(4)31-11-26-20-19(31)22(34)30(10-13(2)32)23(35)29(20)5/h6-9,11,15H,10H2,1-5H3,(H,27,28,33)/t15-/m0/s1. The van der Waals surface area contributed by atoms with E-state index in [0.717, 1.165) is 21.4 Å². The van der Waals surface area contributed by atoms with Gasteiger partial charge in [-0.25, -0.2) is 14.8 Å². The smallest absolute Gasteiger partial charge is 0.312 e. The molecular formula is C23H24N8O4. The van der Waals surface area contributed by atoms with Crippen molar-refractivity contribution >= 4 is 28.7 Å². The van der Waals surface area contributed by atoms with Gasteiger partial charge in [-0.15, -0.1) is 0 Å². The number of amides is 1. The van der Waals surface area contributed by atoms with Crippen LogP contribution < -0.4 is 16.6 Å². The van der Waals surface area contributed by atoms with Crippen LogP contribution in [0.15, 0.2) is 40.6 Å². The van der Waals surface area contributed by atoms with Crippen molar-refractivity contribution in [2.24, 2.45) is 7.05 Å². The van der Waals surface area contributed by atoms with Crippen molar-refractivity contribution in [3.63, 3.8) is 0 Å². The molecule has 0 bridgehead atoms. The van der Waals surface area contributed by atoms with Crippen LogP contribution in [0.4, 0.5) is 5.82 Å². The van der Waals surface area contributed by atoms with Crippen LogP contribution in [0.25, 0.3) is 22.4 Å². The number of Topliss-reactive ketones (excluding diaryl/α,β-unsaturated/α-hetero) is 1. The van der Waals surface area contributed by atoms with Crippen LogP contribution >= 0.6 is 0 Å². The van der Waals surface area contributed by atoms with E-state index in [9.17, 15) is 19.2 Å². The third kappa shape index (κ3) is 4.37. The molecule has 0 unspecified atom stereocenters. The van der Waals surface area contributed by atoms with Gasteiger partial charge in [0.1, 0.15) is 11.8 Å². The van der Waals surface area contributed by atoms with Crippen molar-refractivity contribution in [2.75, 3.05) is 5.32 Å². The number of aryl methyl sites for hydroxylation is 3. The zero-order valence-corrected chi connectivity index (χ0v) is 19.9. The van der Waals surface area contributed by atoms with Gasteiger partial charge in [-0.3, -0.25) is 33.5 Å². The Hall–Kier alpha value is -4.48. The molecular weight excluding hydrogens is 452 g/mol. The van der Waals surface area contributed by atoms with Crippen LogP contribution in [0, 0.1) is 13.8 Å². The van der Waals surface area contributed by atoms with Crippen molar-refractivity contribution < 1.29 is 9.59 Å². The highest BCUT2D eigenvalue weighted by Crippen LogP contribution is 2.20. The Bertz CT molecular complexity index is 1600. The summed E-state index contributed by atoms with van der Waals surface area (Å²) in [5.41, 5.74) is 2.02. The van der Waals surface area contributed by atoms with Crippen molar-refractivity contribution in [1.29, 1.82) is 0 Å². The SMILES string of the molecule is CC(=O)Cn1c(=O)c2c(ncn2[C@@H](C)C(=O)Nc2cncc(-c3cnc(C)c(C)c3)n2)n(C)c1=O. The summed E-state index contributed by atoms with van der Waals surface area (Å²) in [6.07, 6.45) is 6.00. The Balaban J connectivity index is 1.67. The molecule has 4 heterocycles. The van der Waals surface area contributed by atoms with Gasteiger partial charge in [0.25, 0.3) is 5.56 Å². The molecule has 1 atom stereocenters. The second-order valence-corrected chi connectivity index (χ2v) is 8.34. The molecule has 4 rings (SSSR count). The Labute approximate surface area is 199 Å². The topological polar surface area (TPSA) is 147 Å². The predicted octanol–water partition coefficient (Wildman–Crippen LogP) is 1.15. The van der Waals surface area contributed by atoms with Crippen molar-refractivity contribution in [2.45, 2.75) is 40.3 Å². The molecule has 0 aliphatic heterocycles. The number of carbonyl (C=O) groups excluding carboxylic acids is 2. The second-order valence-electron chi connectivity index (χ2n) is 8.34. The first-order chi connectivity index (χ1) is 16.6. The summed E-state index contributed by atoms with van der Waals surface area (Å²) in [5, 5.41) is 2.71. The number of rotatable bonds is 6. The third-order valence-corrected chi connectivity index (χ3v) is 5.76. The zero-order chi connectivity index (χ0) is 25.4. The molecule has 0 aliphatic rings. The summed E-state index contributed by atoms with van der Waals surface area (Å²) >= 11 is 0. The molecule has 12 nitrogen and oxygen atoms in total. The molecule has 4 aromatic heterocycles. The van der Waals surface area contributed by atoms with Gasteiger partial charge in [0.15, 0.2) is 17.0 Å². The average molecular weight is 476 g/mol. The number of hydrogen-bond acceptors (Lipinski definition) is 8. The first-order valence-electron chi connectivity index (χ1n) is 10.8. The van der Waals surface area contributed by atoms with Crippen LogP contribution in [-0.4, -0.2) is 45.3 Å². The number of nitrogens with zero attached hydrogens (tertiary/aromatic N) is 7. The Morgan fingerprint density at radius 2 is 1.86 bits per heavy atom. The van der Waals surface area contributed by atoms with E-state index < -0.39 is 23.2 Å². The summed E-state index contributed by atoms with van der Waals surface area (Å²) in [6.45, 7) is 6.36. The van der Waals surface area contributed by atoms with Gasteiger partial charge >= 0.3 is 5.69 Å². The van der Waals surface area contributed by atoms with E-state index in [4.69, 9.17) is 0 Å². The lowest BCUT2D eigenvalue weighted by Gasteiger charge is -2.15. The van der Waals surface area contributed by atoms with Crippen molar-refractivity contribution in [1.82, 2.24) is 33.6 Å². The molecule has 180 valence electrons. The summed E-state index contributed by atoms with van der Waals surface area (Å²) < 4.78 is 3.38. The van der Waals surface area contributed by atoms with E-state index in [2.05, 4.69) is 25.3 Å². The third-order valence-electron chi connectivity index (χ3n) is 5.76. The molecule has 0 radical (unpaired) electrons. The van der Waals surface area contributed by atoms with E-state index in [-0.39, 0.29) is 29.3 Å². The van der Waals surface area contributed by atoms with Gasteiger partial charge in [0.2, 0.25) is 5.91 Å². The fourth-order valence-electron chi connectivity index (χ4n) is 3.65. The molecule has 4 aromatic rings. The van der Waals surface area contributed by atoms with Crippen LogP contribution in [0.5, 0.6) is 0 Å². The second kappa shape index (κ2) is 9.05. The number of carbonyl (C=O) groups is 2. The molecule has 35 heavy (non-hydrogen) atoms. The number of aromatic nitrogens is 7. The fourth-order valence-corrected chi connectivity index (χ4v) is 3.65. The lowest BCUT2D eigenvalue weighted by Crippen LogP contribution is -2.41. The summed E-state index contributed by atoms with van der Waals surface area (Å²) in [7, 11) is 1.45. The molecule has 0 fully saturated rings. The number of ketones is 1. The predicted molar refractivity (Wildman–Crippen MR) is 128 cm³/mol. The van der Waals surface area contributed by atoms with Crippen molar-refractivity contribution in [3.8, 4) is 11.3 Å². The number of nitrogens with one attached hydrogen (secondary N) is 1. The van der Waals surface area contributed by atoms with Gasteiger partial charge in [0.05, 0.1) is 31.0 Å². The monoisotopic (exact) mass is 476 g/mol. The highest BCUT2D eigenvalue weighted by Gasteiger charge is 2.23. The number of fused-ring (bicyclic) bond motifs is 1. The number of pyridine rings is 1. The molecule has 0 aliphatic carbocycles. The number of hydrogen-bond donors (Lipinski definition) is 1. The number of anilines is 1. The summed E-state index contributed by atoms with van der Waals surface area (Å²) in [6, 6.07) is 1.05. The van der Waals surface area contributed by atoms with Gasteiger partial charge in [0, 0.05) is 24.5 Å². The first kappa shape index (κ1) is 23.7. The minimum absolute atomic E-state index is 0.0389. The van der Waals surface area contributed by atoms with Gasteiger partial charge in [-0.2, -0.15) is 0 Å². The van der Waals surface area contributed by atoms with E-state index >= 15 is 0 Å². The zero-order valence-electron chi connectivity index (χ0n) is 19.9. The normalized spacial score (nSPS) is 12.0. The van der Waals surface area contributed by atoms with E-state index in [1.54, 1.807) is 19.3 Å². The van der Waals surface area contributed by atoms with Gasteiger partial charge in [-0.05, 0) is 39.3 Å². The van der Waals surface area contributed by atoms with E-state index in [1.165, 1.54) is 35.6 Å². The molecule has 0 saturated carbocycles. The average Bonchev–Trinajstić information content (AvgIpc) is 3.27. The van der Waals surface area contributed by atoms with E-state index in [1.807, 2.05) is 19.9 Å². The first-order valence-corrected chi connectivity index (χ1v) is 10.8. The minimum Gasteiger partial charge on any atom is -0.312 e. The van der Waals surface area contributed by atoms with Crippen LogP contribution in [0.1, 0.15) is 31.1 Å². The Morgan fingerprint density at radius 1 is 1.11 bits per heavy atom. The quantitative estimate of drug-likeness (QED) is 0.436. The molecule has 0 spiro atoms. The van der Waals surface area contributed by atoms with Crippen molar-refractivity contribution in [3.05, 3.63) is 63.1 Å². The molecule has 1 N–H and O–H groups in total. The molecule has 0 aromatic carbocycles. The number of imidazole rings is 1. The molecule has 0 saturated heterocycles. The molecule has 1 amide bonds. The van der Waals surface area contributed by atoms with Gasteiger partial charge < -0.3 is 9.88 Å². The van der Waals surface area contributed by atoms with E-state index in [0.29, 0.717) is 5.69 Å². The summed E-state index contributed by atoms with van der Waals surface area (Å²) in [5.74, 6) is -0.596.